The van der Waals surface area contributed by atoms with Crippen molar-refractivity contribution in [3.63, 3.8) is 0 Å². The van der Waals surface area contributed by atoms with Crippen LogP contribution in [-0.4, -0.2) is 36.8 Å². The van der Waals surface area contributed by atoms with Gasteiger partial charge in [-0.2, -0.15) is 0 Å². The van der Waals surface area contributed by atoms with E-state index in [0.29, 0.717) is 42.1 Å². The van der Waals surface area contributed by atoms with E-state index in [1.807, 2.05) is 11.8 Å². The predicted molar refractivity (Wildman–Crippen MR) is 97.4 cm³/mol. The van der Waals surface area contributed by atoms with Crippen molar-refractivity contribution in [3.8, 4) is 0 Å². The minimum absolute atomic E-state index is 0.102. The third-order valence-electron chi connectivity index (χ3n) is 6.82. The average molecular weight is 345 g/mol. The third kappa shape index (κ3) is 4.08. The van der Waals surface area contributed by atoms with Gasteiger partial charge in [-0.05, 0) is 42.8 Å². The van der Waals surface area contributed by atoms with Crippen LogP contribution in [0.2, 0.25) is 0 Å². The van der Waals surface area contributed by atoms with E-state index in [9.17, 15) is 0 Å². The van der Waals surface area contributed by atoms with Crippen molar-refractivity contribution in [2.24, 2.45) is 35.5 Å². The summed E-state index contributed by atoms with van der Waals surface area (Å²) in [5, 5.41) is 0. The van der Waals surface area contributed by atoms with Crippen LogP contribution in [0.4, 0.5) is 0 Å². The summed E-state index contributed by atoms with van der Waals surface area (Å²) in [6.07, 6.45) is 2.46. The standard InChI is InChI=1S/C19H36O3S/c1-10-12(3)16(7)21-18(14(10)5)20-9-17-13(4)11(2)15(6)19(22-17)23-8/h10-19H,9H2,1-8H3. The molecule has 0 amide bonds. The largest absolute Gasteiger partial charge is 0.361 e. The van der Waals surface area contributed by atoms with Crippen LogP contribution >= 0.6 is 11.8 Å². The first-order valence-electron chi connectivity index (χ1n) is 9.23. The second-order valence-electron chi connectivity index (χ2n) is 7.98. The summed E-state index contributed by atoms with van der Waals surface area (Å²) >= 11 is 1.82. The molecule has 10 unspecified atom stereocenters. The number of rotatable bonds is 4. The van der Waals surface area contributed by atoms with Gasteiger partial charge in [0, 0.05) is 5.92 Å². The quantitative estimate of drug-likeness (QED) is 0.742. The summed E-state index contributed by atoms with van der Waals surface area (Å²) in [5.74, 6) is 3.37. The lowest BCUT2D eigenvalue weighted by molar-refractivity contribution is -0.259. The van der Waals surface area contributed by atoms with Crippen LogP contribution in [0.25, 0.3) is 0 Å². The van der Waals surface area contributed by atoms with Gasteiger partial charge in [0.2, 0.25) is 0 Å². The van der Waals surface area contributed by atoms with Crippen LogP contribution in [0.5, 0.6) is 0 Å². The zero-order chi connectivity index (χ0) is 17.3. The van der Waals surface area contributed by atoms with Crippen molar-refractivity contribution in [1.82, 2.24) is 0 Å². The lowest BCUT2D eigenvalue weighted by Crippen LogP contribution is -2.48. The molecular weight excluding hydrogens is 308 g/mol. The Hall–Kier alpha value is 0.230. The highest BCUT2D eigenvalue weighted by atomic mass is 32.2. The number of ether oxygens (including phenoxy) is 3. The van der Waals surface area contributed by atoms with Gasteiger partial charge in [0.1, 0.15) is 5.44 Å². The molecule has 2 rings (SSSR count). The van der Waals surface area contributed by atoms with Crippen molar-refractivity contribution < 1.29 is 14.2 Å². The molecule has 136 valence electrons. The van der Waals surface area contributed by atoms with E-state index in [1.165, 1.54) is 0 Å². The van der Waals surface area contributed by atoms with Gasteiger partial charge >= 0.3 is 0 Å². The minimum Gasteiger partial charge on any atom is -0.361 e. The molecule has 0 spiro atoms. The van der Waals surface area contributed by atoms with Crippen LogP contribution in [0.15, 0.2) is 0 Å². The highest BCUT2D eigenvalue weighted by Crippen LogP contribution is 2.40. The van der Waals surface area contributed by atoms with E-state index in [0.717, 1.165) is 0 Å². The van der Waals surface area contributed by atoms with Crippen LogP contribution in [0.1, 0.15) is 48.5 Å². The normalized spacial score (nSPS) is 51.7. The van der Waals surface area contributed by atoms with E-state index in [4.69, 9.17) is 14.2 Å². The molecule has 4 heteroatoms. The van der Waals surface area contributed by atoms with Crippen molar-refractivity contribution in [3.05, 3.63) is 0 Å². The first-order valence-corrected chi connectivity index (χ1v) is 10.5. The van der Waals surface area contributed by atoms with E-state index < -0.39 is 0 Å². The van der Waals surface area contributed by atoms with Crippen molar-refractivity contribution in [1.29, 1.82) is 0 Å². The Bertz CT molecular complexity index is 376. The van der Waals surface area contributed by atoms with Gasteiger partial charge in [0.05, 0.1) is 18.8 Å². The molecule has 0 N–H and O–H groups in total. The first-order chi connectivity index (χ1) is 10.8. The average Bonchev–Trinajstić information content (AvgIpc) is 2.54. The maximum atomic E-state index is 6.31. The first kappa shape index (κ1) is 19.6. The molecule has 2 heterocycles. The smallest absolute Gasteiger partial charge is 0.160 e. The number of hydrogen-bond acceptors (Lipinski definition) is 4. The summed E-state index contributed by atoms with van der Waals surface area (Å²) in [7, 11) is 0. The second kappa shape index (κ2) is 8.07. The summed E-state index contributed by atoms with van der Waals surface area (Å²) < 4.78 is 18.7. The van der Waals surface area contributed by atoms with Crippen molar-refractivity contribution in [2.75, 3.05) is 12.9 Å². The molecule has 2 saturated heterocycles. The second-order valence-corrected chi connectivity index (χ2v) is 8.91. The molecule has 0 radical (unpaired) electrons. The van der Waals surface area contributed by atoms with Gasteiger partial charge in [0.15, 0.2) is 6.29 Å². The molecule has 0 saturated carbocycles. The van der Waals surface area contributed by atoms with E-state index in [-0.39, 0.29) is 23.9 Å². The monoisotopic (exact) mass is 344 g/mol. The van der Waals surface area contributed by atoms with Gasteiger partial charge in [0.25, 0.3) is 0 Å². The molecule has 0 aromatic carbocycles. The summed E-state index contributed by atoms with van der Waals surface area (Å²) in [6, 6.07) is 0. The molecule has 2 aliphatic rings. The van der Waals surface area contributed by atoms with Crippen LogP contribution in [-0.2, 0) is 14.2 Å². The molecular formula is C19H36O3S. The highest BCUT2D eigenvalue weighted by Gasteiger charge is 2.41. The van der Waals surface area contributed by atoms with Gasteiger partial charge < -0.3 is 14.2 Å². The Morgan fingerprint density at radius 1 is 0.739 bits per heavy atom. The van der Waals surface area contributed by atoms with Crippen molar-refractivity contribution in [2.45, 2.75) is 72.4 Å². The Labute approximate surface area is 147 Å². The van der Waals surface area contributed by atoms with E-state index in [2.05, 4.69) is 54.7 Å². The summed E-state index contributed by atoms with van der Waals surface area (Å²) in [6.45, 7) is 16.6. The number of thioether (sulfide) groups is 1. The minimum atomic E-state index is -0.102. The topological polar surface area (TPSA) is 27.7 Å². The Kier molecular flexibility index (Phi) is 6.86. The predicted octanol–water partition coefficient (Wildman–Crippen LogP) is 4.65. The van der Waals surface area contributed by atoms with Gasteiger partial charge in [-0.3, -0.25) is 0 Å². The summed E-state index contributed by atoms with van der Waals surface area (Å²) in [5.41, 5.74) is 0.275. The molecule has 0 aliphatic carbocycles. The molecule has 3 nitrogen and oxygen atoms in total. The number of hydrogen-bond donors (Lipinski definition) is 0. The zero-order valence-electron chi connectivity index (χ0n) is 16.1. The maximum Gasteiger partial charge on any atom is 0.160 e. The van der Waals surface area contributed by atoms with Crippen LogP contribution < -0.4 is 0 Å². The lowest BCUT2D eigenvalue weighted by atomic mass is 9.79. The van der Waals surface area contributed by atoms with Crippen LogP contribution in [0, 0.1) is 35.5 Å². The van der Waals surface area contributed by atoms with E-state index in [1.54, 1.807) is 0 Å². The molecule has 0 bridgehead atoms. The van der Waals surface area contributed by atoms with Crippen LogP contribution in [0.3, 0.4) is 0 Å². The molecule has 0 aromatic heterocycles. The summed E-state index contributed by atoms with van der Waals surface area (Å²) in [4.78, 5) is 0. The molecule has 23 heavy (non-hydrogen) atoms. The third-order valence-corrected chi connectivity index (χ3v) is 7.82. The fourth-order valence-electron chi connectivity index (χ4n) is 3.94. The van der Waals surface area contributed by atoms with Gasteiger partial charge in [-0.1, -0.05) is 41.5 Å². The fraction of sp³-hybridized carbons (Fsp3) is 1.00. The zero-order valence-corrected chi connectivity index (χ0v) is 16.9. The molecule has 2 aliphatic heterocycles. The molecule has 0 aromatic rings. The Morgan fingerprint density at radius 3 is 1.96 bits per heavy atom. The van der Waals surface area contributed by atoms with Crippen molar-refractivity contribution >= 4 is 11.8 Å². The Balaban J connectivity index is 1.94. The van der Waals surface area contributed by atoms with Gasteiger partial charge in [-0.15, -0.1) is 11.8 Å². The van der Waals surface area contributed by atoms with E-state index >= 15 is 0 Å². The van der Waals surface area contributed by atoms with Gasteiger partial charge in [-0.25, -0.2) is 0 Å². The maximum absolute atomic E-state index is 6.31. The lowest BCUT2D eigenvalue weighted by Gasteiger charge is -2.45. The highest BCUT2D eigenvalue weighted by molar-refractivity contribution is 7.99. The Morgan fingerprint density at radius 2 is 1.35 bits per heavy atom. The SMILES string of the molecule is CSC1OC(COC2OC(C)C(C)C(C)C2C)C(C)C(C)C1C. The fourth-order valence-corrected chi connectivity index (χ4v) is 4.87. The molecule has 10 atom stereocenters. The molecule has 2 fully saturated rings.